The number of carbonyl (C=O) groups excluding carboxylic acids is 1. The van der Waals surface area contributed by atoms with Crippen LogP contribution < -0.4 is 14.4 Å². The zero-order valence-electron chi connectivity index (χ0n) is 19.4. The minimum atomic E-state index is -3.68. The maximum Gasteiger partial charge on any atom is 0.244 e. The number of nitrogens with one attached hydrogen (secondary N) is 1. The first kappa shape index (κ1) is 24.1. The second kappa shape index (κ2) is 10.4. The molecule has 3 rings (SSSR count). The first-order valence-corrected chi connectivity index (χ1v) is 13.2. The summed E-state index contributed by atoms with van der Waals surface area (Å²) in [6.45, 7) is 3.86. The fraction of sp³-hybridized carbons (Fsp3) is 0.480. The van der Waals surface area contributed by atoms with Gasteiger partial charge in [0.05, 0.1) is 25.1 Å². The van der Waals surface area contributed by atoms with Crippen LogP contribution >= 0.6 is 0 Å². The summed E-state index contributed by atoms with van der Waals surface area (Å²) in [6.07, 6.45) is 6.82. The molecule has 1 aliphatic carbocycles. The van der Waals surface area contributed by atoms with E-state index in [9.17, 15) is 13.2 Å². The lowest BCUT2D eigenvalue weighted by Crippen LogP contribution is -2.50. The highest BCUT2D eigenvalue weighted by atomic mass is 32.2. The van der Waals surface area contributed by atoms with Crippen LogP contribution in [-0.4, -0.2) is 33.7 Å². The Bertz CT molecular complexity index is 1030. The van der Waals surface area contributed by atoms with Crippen molar-refractivity contribution in [3.63, 3.8) is 0 Å². The van der Waals surface area contributed by atoms with Gasteiger partial charge >= 0.3 is 0 Å². The van der Waals surface area contributed by atoms with E-state index in [-0.39, 0.29) is 11.9 Å². The van der Waals surface area contributed by atoms with Gasteiger partial charge in [-0.2, -0.15) is 0 Å². The molecule has 6 nitrogen and oxygen atoms in total. The molecule has 0 saturated heterocycles. The molecule has 0 spiro atoms. The molecule has 0 bridgehead atoms. The van der Waals surface area contributed by atoms with Crippen LogP contribution in [0.4, 0.5) is 5.69 Å². The highest BCUT2D eigenvalue weighted by molar-refractivity contribution is 7.92. The van der Waals surface area contributed by atoms with Crippen LogP contribution in [0.3, 0.4) is 0 Å². The van der Waals surface area contributed by atoms with Gasteiger partial charge in [-0.05, 0) is 79.5 Å². The Labute approximate surface area is 192 Å². The highest BCUT2D eigenvalue weighted by Gasteiger charge is 2.32. The van der Waals surface area contributed by atoms with Gasteiger partial charge in [-0.15, -0.1) is 0 Å². The smallest absolute Gasteiger partial charge is 0.244 e. The number of carbonyl (C=O) groups is 1. The molecular formula is C25H34N2O4S. The maximum absolute atomic E-state index is 13.3. The van der Waals surface area contributed by atoms with Crippen LogP contribution in [0.1, 0.15) is 62.3 Å². The molecule has 0 unspecified atom stereocenters. The van der Waals surface area contributed by atoms with Crippen LogP contribution in [0, 0.1) is 0 Å². The van der Waals surface area contributed by atoms with E-state index in [0.717, 1.165) is 31.1 Å². The van der Waals surface area contributed by atoms with Crippen LogP contribution in [0.25, 0.3) is 0 Å². The van der Waals surface area contributed by atoms with Gasteiger partial charge in [0, 0.05) is 0 Å². The Balaban J connectivity index is 1.86. The summed E-state index contributed by atoms with van der Waals surface area (Å²) >= 11 is 0. The molecule has 32 heavy (non-hydrogen) atoms. The quantitative estimate of drug-likeness (QED) is 0.605. The third-order valence-corrected chi connectivity index (χ3v) is 7.34. The predicted molar refractivity (Wildman–Crippen MR) is 129 cm³/mol. The van der Waals surface area contributed by atoms with E-state index < -0.39 is 16.1 Å². The van der Waals surface area contributed by atoms with E-state index in [0.29, 0.717) is 17.9 Å². The molecular weight excluding hydrogens is 424 g/mol. The van der Waals surface area contributed by atoms with Crippen molar-refractivity contribution in [3.8, 4) is 5.75 Å². The van der Waals surface area contributed by atoms with Crippen LogP contribution in [0.2, 0.25) is 0 Å². The Morgan fingerprint density at radius 2 is 1.69 bits per heavy atom. The predicted octanol–water partition coefficient (Wildman–Crippen LogP) is 4.39. The monoisotopic (exact) mass is 458 g/mol. The van der Waals surface area contributed by atoms with E-state index in [1.807, 2.05) is 13.8 Å². The number of benzene rings is 2. The van der Waals surface area contributed by atoms with Gasteiger partial charge in [0.2, 0.25) is 15.9 Å². The first-order valence-electron chi connectivity index (χ1n) is 11.3. The summed E-state index contributed by atoms with van der Waals surface area (Å²) < 4.78 is 31.8. The number of rotatable bonds is 9. The van der Waals surface area contributed by atoms with Gasteiger partial charge in [0.15, 0.2) is 0 Å². The fourth-order valence-corrected chi connectivity index (χ4v) is 5.66. The number of ether oxygens (including phenoxy) is 1. The molecule has 2 atom stereocenters. The standard InChI is InChI=1S/C25H34N2O4S/c1-5-23(20-12-11-18-9-7-8-10-19(18)17-20)26-25(28)24(6-2)27(32(4,29)30)21-13-15-22(31-3)16-14-21/h11-17,23-24H,5-10H2,1-4H3,(H,26,28)/t23-,24-/m0/s1. The molecule has 2 aromatic rings. The summed E-state index contributed by atoms with van der Waals surface area (Å²) in [4.78, 5) is 13.3. The highest BCUT2D eigenvalue weighted by Crippen LogP contribution is 2.28. The average molecular weight is 459 g/mol. The molecule has 2 aromatic carbocycles. The number of fused-ring (bicyclic) bond motifs is 1. The third-order valence-electron chi connectivity index (χ3n) is 6.16. The minimum absolute atomic E-state index is 0.166. The largest absolute Gasteiger partial charge is 0.497 e. The number of aryl methyl sites for hydroxylation is 2. The molecule has 7 heteroatoms. The summed E-state index contributed by atoms with van der Waals surface area (Å²) in [5.74, 6) is 0.330. The SMILES string of the molecule is CC[C@H](NC(=O)[C@H](CC)N(c1ccc(OC)cc1)S(C)(=O)=O)c1ccc2c(c1)CCCC2. The van der Waals surface area contributed by atoms with Crippen molar-refractivity contribution >= 4 is 21.6 Å². The molecule has 1 aliphatic rings. The Morgan fingerprint density at radius 1 is 1.03 bits per heavy atom. The topological polar surface area (TPSA) is 75.7 Å². The number of anilines is 1. The van der Waals surface area contributed by atoms with Crippen LogP contribution in [-0.2, 0) is 27.7 Å². The number of nitrogens with zero attached hydrogens (tertiary/aromatic N) is 1. The van der Waals surface area contributed by atoms with E-state index in [2.05, 4.69) is 23.5 Å². The molecule has 1 N–H and O–H groups in total. The van der Waals surface area contributed by atoms with Gasteiger partial charge in [-0.1, -0.05) is 32.0 Å². The zero-order chi connectivity index (χ0) is 23.3. The van der Waals surface area contributed by atoms with Gasteiger partial charge in [0.25, 0.3) is 0 Å². The molecule has 0 aliphatic heterocycles. The van der Waals surface area contributed by atoms with Gasteiger partial charge in [-0.25, -0.2) is 8.42 Å². The fourth-order valence-electron chi connectivity index (χ4n) is 4.45. The number of sulfonamides is 1. The molecule has 0 fully saturated rings. The second-order valence-corrected chi connectivity index (χ2v) is 10.2. The van der Waals surface area contributed by atoms with Crippen molar-refractivity contribution in [3.05, 3.63) is 59.2 Å². The Hall–Kier alpha value is -2.54. The van der Waals surface area contributed by atoms with Crippen molar-refractivity contribution in [1.82, 2.24) is 5.32 Å². The lowest BCUT2D eigenvalue weighted by molar-refractivity contribution is -0.123. The number of methoxy groups -OCH3 is 1. The van der Waals surface area contributed by atoms with Crippen LogP contribution in [0.5, 0.6) is 5.75 Å². The number of hydrogen-bond donors (Lipinski definition) is 1. The lowest BCUT2D eigenvalue weighted by atomic mass is 9.88. The molecule has 0 aromatic heterocycles. The van der Waals surface area contributed by atoms with E-state index in [1.165, 1.54) is 28.3 Å². The Morgan fingerprint density at radius 3 is 2.25 bits per heavy atom. The summed E-state index contributed by atoms with van der Waals surface area (Å²) in [6, 6.07) is 12.2. The first-order chi connectivity index (χ1) is 15.3. The second-order valence-electron chi connectivity index (χ2n) is 8.39. The number of hydrogen-bond acceptors (Lipinski definition) is 4. The van der Waals surface area contributed by atoms with Gasteiger partial charge in [0.1, 0.15) is 11.8 Å². The van der Waals surface area contributed by atoms with Crippen molar-refractivity contribution in [2.75, 3.05) is 17.7 Å². The van der Waals surface area contributed by atoms with E-state index in [4.69, 9.17) is 4.74 Å². The third kappa shape index (κ3) is 5.44. The molecule has 0 radical (unpaired) electrons. The Kier molecular flexibility index (Phi) is 7.82. The van der Waals surface area contributed by atoms with E-state index in [1.54, 1.807) is 31.4 Å². The van der Waals surface area contributed by atoms with Crippen LogP contribution in [0.15, 0.2) is 42.5 Å². The minimum Gasteiger partial charge on any atom is -0.497 e. The molecule has 1 amide bonds. The van der Waals surface area contributed by atoms with Crippen molar-refractivity contribution < 1.29 is 17.9 Å². The number of amides is 1. The van der Waals surface area contributed by atoms with Crippen molar-refractivity contribution in [2.24, 2.45) is 0 Å². The molecule has 174 valence electrons. The van der Waals surface area contributed by atoms with E-state index >= 15 is 0 Å². The summed E-state index contributed by atoms with van der Waals surface area (Å²) in [5.41, 5.74) is 4.28. The van der Waals surface area contributed by atoms with Gasteiger partial charge < -0.3 is 10.1 Å². The molecule has 0 heterocycles. The molecule has 0 saturated carbocycles. The lowest BCUT2D eigenvalue weighted by Gasteiger charge is -2.31. The summed E-state index contributed by atoms with van der Waals surface area (Å²) in [7, 11) is -2.13. The maximum atomic E-state index is 13.3. The summed E-state index contributed by atoms with van der Waals surface area (Å²) in [5, 5.41) is 3.12. The van der Waals surface area contributed by atoms with Crippen molar-refractivity contribution in [1.29, 1.82) is 0 Å². The van der Waals surface area contributed by atoms with Gasteiger partial charge in [-0.3, -0.25) is 9.10 Å². The normalized spacial score (nSPS) is 15.4. The average Bonchev–Trinajstić information content (AvgIpc) is 2.79. The van der Waals surface area contributed by atoms with Crippen molar-refractivity contribution in [2.45, 2.75) is 64.5 Å². The zero-order valence-corrected chi connectivity index (χ0v) is 20.2.